The first-order valence-electron chi connectivity index (χ1n) is 27.3. The molecule has 0 saturated carbocycles. The van der Waals surface area contributed by atoms with Gasteiger partial charge in [0.1, 0.15) is 23.2 Å². The lowest BCUT2D eigenvalue weighted by atomic mass is 9.86. The molecule has 1 aromatic carbocycles. The topological polar surface area (TPSA) is 102 Å². The van der Waals surface area contributed by atoms with Crippen LogP contribution >= 0.6 is 0 Å². The highest BCUT2D eigenvalue weighted by Crippen LogP contribution is 2.47. The zero-order valence-corrected chi connectivity index (χ0v) is 52.1. The van der Waals surface area contributed by atoms with Crippen molar-refractivity contribution in [3.8, 4) is 23.3 Å². The number of hydrogen-bond acceptors (Lipinski definition) is 8. The van der Waals surface area contributed by atoms with Gasteiger partial charge in [-0.1, -0.05) is 163 Å². The SMILES string of the molecule is CCC[C@H](O[Si](C(C)C)(C(C)C)C(C)C)[C@@H](C)C(=O)NC/C=C\C[C@@H](C)[C@@H](O[Si](C)(C)C(C)(C)C)[C@H](C)[C@@H]1CC#CC[C@H](C)[C@H](O[Si](C(C)C)(C(C)C)C(C)C)Cc2cc(OC)cc(OC)c2C(=O)O1. The molecule has 0 aliphatic carbocycles. The third kappa shape index (κ3) is 15.8. The fourth-order valence-corrected chi connectivity index (χ4v) is 24.3. The number of carbonyl (C=O) groups excluding carboxylic acids is 2. The number of rotatable bonds is 25. The van der Waals surface area contributed by atoms with Crippen LogP contribution in [0.4, 0.5) is 0 Å². The summed E-state index contributed by atoms with van der Waals surface area (Å²) < 4.78 is 40.6. The average molecular weight is 1030 g/mol. The van der Waals surface area contributed by atoms with Crippen molar-refractivity contribution in [2.75, 3.05) is 20.8 Å². The van der Waals surface area contributed by atoms with Crippen molar-refractivity contribution < 1.29 is 37.1 Å². The van der Waals surface area contributed by atoms with Gasteiger partial charge in [-0.25, -0.2) is 4.79 Å². The van der Waals surface area contributed by atoms with Crippen LogP contribution in [0.1, 0.15) is 187 Å². The van der Waals surface area contributed by atoms with Gasteiger partial charge in [-0.15, -0.1) is 5.92 Å². The van der Waals surface area contributed by atoms with Crippen molar-refractivity contribution in [2.45, 2.75) is 253 Å². The number of cyclic esters (lactones) is 1. The fourth-order valence-electron chi connectivity index (χ4n) is 11.5. The summed E-state index contributed by atoms with van der Waals surface area (Å²) in [6, 6.07) is 3.73. The number of ether oxygens (including phenoxy) is 3. The van der Waals surface area contributed by atoms with Crippen molar-refractivity contribution >= 4 is 36.8 Å². The number of amides is 1. The predicted molar refractivity (Wildman–Crippen MR) is 302 cm³/mol. The molecule has 9 nitrogen and oxygen atoms in total. The van der Waals surface area contributed by atoms with Gasteiger partial charge in [0.25, 0.3) is 0 Å². The highest BCUT2D eigenvalue weighted by Gasteiger charge is 2.49. The van der Waals surface area contributed by atoms with Gasteiger partial charge in [0.15, 0.2) is 8.32 Å². The molecule has 0 saturated heterocycles. The predicted octanol–water partition coefficient (Wildman–Crippen LogP) is 15.5. The molecule has 1 N–H and O–H groups in total. The zero-order chi connectivity index (χ0) is 53.7. The van der Waals surface area contributed by atoms with Gasteiger partial charge in [-0.3, -0.25) is 4.79 Å². The molecular formula is C58H105NO8Si3. The van der Waals surface area contributed by atoms with E-state index in [1.54, 1.807) is 20.3 Å². The number of allylic oxidation sites excluding steroid dienone is 1. The second kappa shape index (κ2) is 27.8. The van der Waals surface area contributed by atoms with Crippen LogP contribution in [0.25, 0.3) is 0 Å². The molecule has 0 aromatic heterocycles. The molecule has 1 aromatic rings. The van der Waals surface area contributed by atoms with E-state index in [9.17, 15) is 9.59 Å². The number of nitrogens with one attached hydrogen (secondary N) is 1. The number of methoxy groups -OCH3 is 2. The van der Waals surface area contributed by atoms with Crippen molar-refractivity contribution in [1.82, 2.24) is 5.32 Å². The molecule has 2 rings (SSSR count). The maximum absolute atomic E-state index is 14.9. The van der Waals surface area contributed by atoms with E-state index in [1.165, 1.54) is 0 Å². The molecule has 0 spiro atoms. The zero-order valence-electron chi connectivity index (χ0n) is 49.1. The van der Waals surface area contributed by atoms with E-state index < -0.39 is 37.0 Å². The molecular weight excluding hydrogens is 923 g/mol. The Balaban J connectivity index is 2.56. The van der Waals surface area contributed by atoms with E-state index in [4.69, 9.17) is 27.5 Å². The molecule has 402 valence electrons. The molecule has 0 bridgehead atoms. The van der Waals surface area contributed by atoms with Crippen LogP contribution in [-0.4, -0.2) is 82.0 Å². The lowest BCUT2D eigenvalue weighted by Crippen LogP contribution is -2.52. The normalized spacial score (nSPS) is 20.1. The van der Waals surface area contributed by atoms with E-state index in [0.717, 1.165) is 24.8 Å². The van der Waals surface area contributed by atoms with Gasteiger partial charge in [0, 0.05) is 31.4 Å². The van der Waals surface area contributed by atoms with Gasteiger partial charge >= 0.3 is 5.97 Å². The van der Waals surface area contributed by atoms with Crippen molar-refractivity contribution in [1.29, 1.82) is 0 Å². The van der Waals surface area contributed by atoms with Crippen LogP contribution in [0.5, 0.6) is 11.5 Å². The lowest BCUT2D eigenvalue weighted by molar-refractivity contribution is -0.127. The molecule has 1 aliphatic rings. The van der Waals surface area contributed by atoms with Crippen LogP contribution in [0.2, 0.25) is 51.4 Å². The maximum atomic E-state index is 14.9. The Bertz CT molecular complexity index is 1830. The Labute approximate surface area is 433 Å². The van der Waals surface area contributed by atoms with E-state index in [2.05, 4.69) is 174 Å². The second-order valence-electron chi connectivity index (χ2n) is 24.4. The van der Waals surface area contributed by atoms with E-state index in [-0.39, 0.29) is 52.9 Å². The molecule has 0 unspecified atom stereocenters. The number of hydrogen-bond donors (Lipinski definition) is 1. The highest BCUT2D eigenvalue weighted by molar-refractivity contribution is 6.78. The number of carbonyl (C=O) groups is 2. The summed E-state index contributed by atoms with van der Waals surface area (Å²) in [5.41, 5.74) is 3.71. The second-order valence-corrected chi connectivity index (χ2v) is 40.0. The first-order valence-corrected chi connectivity index (χ1v) is 34.5. The molecule has 8 atom stereocenters. The van der Waals surface area contributed by atoms with E-state index >= 15 is 0 Å². The molecule has 0 radical (unpaired) electrons. The van der Waals surface area contributed by atoms with Gasteiger partial charge in [-0.2, -0.15) is 0 Å². The Morgan fingerprint density at radius 1 is 0.800 bits per heavy atom. The van der Waals surface area contributed by atoms with Crippen LogP contribution in [0.15, 0.2) is 24.3 Å². The standard InChI is InChI=1S/C58H105NO8Si3/c1-25-30-51(65-69(38(2)3,39(4)5)40(6)7)47(17)56(60)59-34-29-28-32-45(15)55(67-68(23,24)58(18,19)20)46(16)50-33-27-26-31-44(14)52(66-70(41(8)9,42(10)11)43(12)13)36-48-35-49(62-21)37-53(63-22)54(48)57(61)64-50/h28-29,35,37-47,50-52,55H,25,30-34,36H2,1-24H3,(H,59,60)/b29-28-/t44-,45+,46+,47+,50-,51-,52+,55+/m0/s1. The average Bonchev–Trinajstić information content (AvgIpc) is 3.26. The first-order chi connectivity index (χ1) is 32.4. The molecule has 12 heteroatoms. The number of fused-ring (bicyclic) bond motifs is 1. The minimum Gasteiger partial charge on any atom is -0.497 e. The molecule has 70 heavy (non-hydrogen) atoms. The summed E-state index contributed by atoms with van der Waals surface area (Å²) in [6.45, 7) is 50.3. The summed E-state index contributed by atoms with van der Waals surface area (Å²) in [5, 5.41) is 3.16. The summed E-state index contributed by atoms with van der Waals surface area (Å²) >= 11 is 0. The third-order valence-electron chi connectivity index (χ3n) is 16.6. The first kappa shape index (κ1) is 63.7. The van der Waals surface area contributed by atoms with Gasteiger partial charge in [0.05, 0.1) is 38.4 Å². The minimum atomic E-state index is -2.32. The van der Waals surface area contributed by atoms with E-state index in [0.29, 0.717) is 76.1 Å². The lowest BCUT2D eigenvalue weighted by Gasteiger charge is -2.46. The van der Waals surface area contributed by atoms with E-state index in [1.807, 2.05) is 13.0 Å². The Hall–Kier alpha value is -2.41. The summed E-state index contributed by atoms with van der Waals surface area (Å²) in [7, 11) is -3.59. The minimum absolute atomic E-state index is 0.0271. The largest absolute Gasteiger partial charge is 0.497 e. The highest BCUT2D eigenvalue weighted by atomic mass is 28.4. The van der Waals surface area contributed by atoms with Crippen LogP contribution in [0, 0.1) is 35.5 Å². The van der Waals surface area contributed by atoms with Crippen LogP contribution in [-0.2, 0) is 29.2 Å². The fraction of sp³-hybridized carbons (Fsp3) is 0.793. The van der Waals surface area contributed by atoms with Crippen LogP contribution < -0.4 is 14.8 Å². The molecule has 0 fully saturated rings. The Morgan fingerprint density at radius 2 is 1.34 bits per heavy atom. The summed E-state index contributed by atoms with van der Waals surface area (Å²) in [4.78, 5) is 28.7. The van der Waals surface area contributed by atoms with Crippen molar-refractivity contribution in [3.63, 3.8) is 0 Å². The summed E-state index contributed by atoms with van der Waals surface area (Å²) in [6.07, 6.45) is 7.17. The van der Waals surface area contributed by atoms with Crippen molar-refractivity contribution in [3.05, 3.63) is 35.4 Å². The quantitative estimate of drug-likeness (QED) is 0.0447. The third-order valence-corrected chi connectivity index (χ3v) is 33.3. The molecule has 1 aliphatic heterocycles. The summed E-state index contributed by atoms with van der Waals surface area (Å²) in [5.74, 6) is 7.32. The Kier molecular flexibility index (Phi) is 25.3. The number of esters is 1. The van der Waals surface area contributed by atoms with Crippen LogP contribution in [0.3, 0.4) is 0 Å². The van der Waals surface area contributed by atoms with Gasteiger partial charge in [0.2, 0.25) is 22.5 Å². The van der Waals surface area contributed by atoms with Gasteiger partial charge in [-0.05, 0) is 94.1 Å². The Morgan fingerprint density at radius 3 is 1.83 bits per heavy atom. The van der Waals surface area contributed by atoms with Gasteiger partial charge < -0.3 is 32.8 Å². The maximum Gasteiger partial charge on any atom is 0.342 e. The smallest absolute Gasteiger partial charge is 0.342 e. The molecule has 1 amide bonds. The monoisotopic (exact) mass is 1030 g/mol. The van der Waals surface area contributed by atoms with Crippen molar-refractivity contribution in [2.24, 2.45) is 23.7 Å². The number of benzene rings is 1. The molecule has 1 heterocycles.